The summed E-state index contributed by atoms with van der Waals surface area (Å²) in [4.78, 5) is 2.25. The van der Waals surface area contributed by atoms with Crippen molar-refractivity contribution >= 4 is 0 Å². The van der Waals surface area contributed by atoms with Crippen molar-refractivity contribution in [1.29, 1.82) is 0 Å². The summed E-state index contributed by atoms with van der Waals surface area (Å²) in [5, 5.41) is 11.2. The highest BCUT2D eigenvalue weighted by Crippen LogP contribution is 2.14. The Bertz CT molecular complexity index is 285. The highest BCUT2D eigenvalue weighted by atomic mass is 16.4. The zero-order valence-electron chi connectivity index (χ0n) is 7.95. The van der Waals surface area contributed by atoms with Gasteiger partial charge in [-0.15, -0.1) is 10.2 Å². The van der Waals surface area contributed by atoms with Crippen LogP contribution in [0.5, 0.6) is 0 Å². The van der Waals surface area contributed by atoms with Gasteiger partial charge in [-0.2, -0.15) is 0 Å². The van der Waals surface area contributed by atoms with Crippen LogP contribution in [-0.2, 0) is 0 Å². The molecule has 5 nitrogen and oxygen atoms in total. The monoisotopic (exact) mass is 182 g/mol. The number of likely N-dealkylation sites (N-methyl/N-ethyl adjacent to an activating group) is 1. The van der Waals surface area contributed by atoms with Crippen molar-refractivity contribution in [1.82, 2.24) is 20.4 Å². The molecule has 1 atom stereocenters. The first-order valence-corrected chi connectivity index (χ1v) is 4.47. The largest absolute Gasteiger partial charge is 0.424 e. The molecule has 1 aromatic rings. The topological polar surface area (TPSA) is 54.2 Å². The maximum absolute atomic E-state index is 5.36. The number of nitrogens with zero attached hydrogens (tertiary/aromatic N) is 3. The van der Waals surface area contributed by atoms with Crippen LogP contribution < -0.4 is 5.32 Å². The van der Waals surface area contributed by atoms with Gasteiger partial charge in [0.1, 0.15) is 0 Å². The zero-order chi connectivity index (χ0) is 9.26. The summed E-state index contributed by atoms with van der Waals surface area (Å²) >= 11 is 0. The van der Waals surface area contributed by atoms with Gasteiger partial charge in [-0.3, -0.25) is 0 Å². The molecule has 72 valence electrons. The molecule has 1 N–H and O–H groups in total. The molecular weight excluding hydrogens is 168 g/mol. The fourth-order valence-electron chi connectivity index (χ4n) is 1.52. The van der Waals surface area contributed by atoms with Crippen LogP contribution in [0.15, 0.2) is 4.42 Å². The lowest BCUT2D eigenvalue weighted by atomic mass is 10.2. The molecule has 0 saturated carbocycles. The van der Waals surface area contributed by atoms with E-state index in [4.69, 9.17) is 4.42 Å². The van der Waals surface area contributed by atoms with Crippen molar-refractivity contribution in [3.05, 3.63) is 11.8 Å². The van der Waals surface area contributed by atoms with Crippen LogP contribution in [0, 0.1) is 6.92 Å². The van der Waals surface area contributed by atoms with Crippen LogP contribution in [-0.4, -0.2) is 41.8 Å². The Morgan fingerprint density at radius 2 is 2.38 bits per heavy atom. The Morgan fingerprint density at radius 1 is 1.54 bits per heavy atom. The molecule has 0 bridgehead atoms. The zero-order valence-corrected chi connectivity index (χ0v) is 7.95. The summed E-state index contributed by atoms with van der Waals surface area (Å²) < 4.78 is 5.36. The second kappa shape index (κ2) is 3.43. The lowest BCUT2D eigenvalue weighted by molar-refractivity contribution is 0.217. The molecule has 0 amide bonds. The van der Waals surface area contributed by atoms with E-state index in [2.05, 4.69) is 27.5 Å². The first kappa shape index (κ1) is 8.65. The third-order valence-corrected chi connectivity index (χ3v) is 2.22. The molecule has 0 radical (unpaired) electrons. The van der Waals surface area contributed by atoms with E-state index in [9.17, 15) is 0 Å². The van der Waals surface area contributed by atoms with Gasteiger partial charge in [-0.1, -0.05) is 0 Å². The quantitative estimate of drug-likeness (QED) is 0.660. The molecule has 1 fully saturated rings. The van der Waals surface area contributed by atoms with E-state index in [1.54, 1.807) is 0 Å². The van der Waals surface area contributed by atoms with Crippen LogP contribution in [0.1, 0.15) is 17.8 Å². The van der Waals surface area contributed by atoms with Gasteiger partial charge in [-0.05, 0) is 7.05 Å². The van der Waals surface area contributed by atoms with E-state index in [1.165, 1.54) is 0 Å². The van der Waals surface area contributed by atoms with Gasteiger partial charge in [0, 0.05) is 26.6 Å². The normalized spacial score (nSPS) is 24.9. The Balaban J connectivity index is 2.08. The molecule has 1 aromatic heterocycles. The molecule has 5 heteroatoms. The number of hydrogen-bond acceptors (Lipinski definition) is 5. The molecule has 0 spiro atoms. The fraction of sp³-hybridized carbons (Fsp3) is 0.750. The predicted molar refractivity (Wildman–Crippen MR) is 47.3 cm³/mol. The van der Waals surface area contributed by atoms with Crippen molar-refractivity contribution in [2.45, 2.75) is 13.0 Å². The molecule has 1 unspecified atom stereocenters. The number of aromatic nitrogens is 2. The minimum atomic E-state index is 0.194. The lowest BCUT2D eigenvalue weighted by Gasteiger charge is -2.28. The maximum Gasteiger partial charge on any atom is 0.234 e. The van der Waals surface area contributed by atoms with Gasteiger partial charge < -0.3 is 14.6 Å². The molecule has 13 heavy (non-hydrogen) atoms. The average molecular weight is 182 g/mol. The van der Waals surface area contributed by atoms with Gasteiger partial charge in [0.2, 0.25) is 11.8 Å². The molecular formula is C8H14N4O. The second-order valence-electron chi connectivity index (χ2n) is 3.43. The van der Waals surface area contributed by atoms with E-state index < -0.39 is 0 Å². The summed E-state index contributed by atoms with van der Waals surface area (Å²) in [5.74, 6) is 1.33. The molecule has 2 heterocycles. The standard InChI is InChI=1S/C8H14N4O/c1-6-10-11-8(13-6)7-5-12(2)4-3-9-7/h7,9H,3-5H2,1-2H3. The number of piperazine rings is 1. The number of aryl methyl sites for hydroxylation is 1. The molecule has 0 aliphatic carbocycles. The van der Waals surface area contributed by atoms with E-state index in [1.807, 2.05) is 6.92 Å². The first-order valence-electron chi connectivity index (χ1n) is 4.47. The fourth-order valence-corrected chi connectivity index (χ4v) is 1.52. The van der Waals surface area contributed by atoms with E-state index in [0.717, 1.165) is 19.6 Å². The Morgan fingerprint density at radius 3 is 3.00 bits per heavy atom. The van der Waals surface area contributed by atoms with Crippen molar-refractivity contribution in [3.8, 4) is 0 Å². The first-order chi connectivity index (χ1) is 6.25. The molecule has 1 aliphatic heterocycles. The average Bonchev–Trinajstić information content (AvgIpc) is 2.52. The third-order valence-electron chi connectivity index (χ3n) is 2.22. The summed E-state index contributed by atoms with van der Waals surface area (Å²) in [6.45, 7) is 4.79. The van der Waals surface area contributed by atoms with E-state index in [-0.39, 0.29) is 6.04 Å². The molecule has 1 saturated heterocycles. The van der Waals surface area contributed by atoms with Crippen molar-refractivity contribution in [2.75, 3.05) is 26.7 Å². The minimum Gasteiger partial charge on any atom is -0.424 e. The Labute approximate surface area is 77.1 Å². The van der Waals surface area contributed by atoms with Gasteiger partial charge in [0.05, 0.1) is 6.04 Å². The summed E-state index contributed by atoms with van der Waals surface area (Å²) in [7, 11) is 2.09. The van der Waals surface area contributed by atoms with E-state index >= 15 is 0 Å². The Hall–Kier alpha value is -0.940. The van der Waals surface area contributed by atoms with E-state index in [0.29, 0.717) is 11.8 Å². The summed E-state index contributed by atoms with van der Waals surface area (Å²) in [6, 6.07) is 0.194. The highest BCUT2D eigenvalue weighted by Gasteiger charge is 2.22. The smallest absolute Gasteiger partial charge is 0.234 e. The summed E-state index contributed by atoms with van der Waals surface area (Å²) in [6.07, 6.45) is 0. The number of rotatable bonds is 1. The van der Waals surface area contributed by atoms with Crippen LogP contribution in [0.4, 0.5) is 0 Å². The highest BCUT2D eigenvalue weighted by molar-refractivity contribution is 4.92. The van der Waals surface area contributed by atoms with Crippen molar-refractivity contribution in [2.24, 2.45) is 0 Å². The van der Waals surface area contributed by atoms with Crippen LogP contribution in [0.25, 0.3) is 0 Å². The van der Waals surface area contributed by atoms with Crippen LogP contribution >= 0.6 is 0 Å². The van der Waals surface area contributed by atoms with Gasteiger partial charge in [-0.25, -0.2) is 0 Å². The molecule has 1 aliphatic rings. The van der Waals surface area contributed by atoms with Crippen LogP contribution in [0.3, 0.4) is 0 Å². The SMILES string of the molecule is Cc1nnc(C2CN(C)CCN2)o1. The van der Waals surface area contributed by atoms with Crippen molar-refractivity contribution < 1.29 is 4.42 Å². The second-order valence-corrected chi connectivity index (χ2v) is 3.43. The maximum atomic E-state index is 5.36. The van der Waals surface area contributed by atoms with Crippen molar-refractivity contribution in [3.63, 3.8) is 0 Å². The van der Waals surface area contributed by atoms with Gasteiger partial charge in [0.25, 0.3) is 0 Å². The Kier molecular flexibility index (Phi) is 2.28. The van der Waals surface area contributed by atoms with Gasteiger partial charge in [0.15, 0.2) is 0 Å². The minimum absolute atomic E-state index is 0.194. The summed E-state index contributed by atoms with van der Waals surface area (Å²) in [5.41, 5.74) is 0. The number of nitrogens with one attached hydrogen (secondary N) is 1. The molecule has 2 rings (SSSR count). The molecule has 0 aromatic carbocycles. The van der Waals surface area contributed by atoms with Crippen LogP contribution in [0.2, 0.25) is 0 Å². The van der Waals surface area contributed by atoms with Gasteiger partial charge >= 0.3 is 0 Å². The number of hydrogen-bond donors (Lipinski definition) is 1. The lowest BCUT2D eigenvalue weighted by Crippen LogP contribution is -2.43. The third kappa shape index (κ3) is 1.87. The predicted octanol–water partition coefficient (Wildman–Crippen LogP) is -0.0459.